The van der Waals surface area contributed by atoms with Crippen molar-refractivity contribution in [3.63, 3.8) is 0 Å². The maximum absolute atomic E-state index is 10.5. The first-order valence-electron chi connectivity index (χ1n) is 5.56. The average Bonchev–Trinajstić information content (AvgIpc) is 2.40. The lowest BCUT2D eigenvalue weighted by Gasteiger charge is -2.34. The molecule has 3 N–H and O–H groups in total. The Bertz CT molecular complexity index is 449. The standard InChI is InChI=1S/C11H13NO7/c13-8-5-18-11(10(15)9(8)14)19-7-3-1-6(2-4-7)12(16)17/h1-4,8-11,13-15H,5H2/t8-,9+,10-,11?/m1/s1. The molecule has 1 saturated heterocycles. The molecular weight excluding hydrogens is 258 g/mol. The monoisotopic (exact) mass is 271 g/mol. The molecule has 1 aromatic carbocycles. The van der Waals surface area contributed by atoms with Crippen molar-refractivity contribution >= 4 is 5.69 Å². The molecule has 19 heavy (non-hydrogen) atoms. The summed E-state index contributed by atoms with van der Waals surface area (Å²) in [6, 6.07) is 5.20. The number of nitrogens with zero attached hydrogens (tertiary/aromatic N) is 1. The summed E-state index contributed by atoms with van der Waals surface area (Å²) in [4.78, 5) is 9.93. The van der Waals surface area contributed by atoms with Crippen molar-refractivity contribution in [3.05, 3.63) is 34.4 Å². The van der Waals surface area contributed by atoms with Gasteiger partial charge >= 0.3 is 0 Å². The minimum absolute atomic E-state index is 0.0899. The lowest BCUT2D eigenvalue weighted by Crippen LogP contribution is -2.54. The molecule has 1 aliphatic heterocycles. The van der Waals surface area contributed by atoms with E-state index in [1.807, 2.05) is 0 Å². The fourth-order valence-electron chi connectivity index (χ4n) is 1.66. The molecular formula is C11H13NO7. The number of hydrogen-bond acceptors (Lipinski definition) is 7. The Morgan fingerprint density at radius 1 is 1.21 bits per heavy atom. The molecule has 0 bridgehead atoms. The zero-order valence-electron chi connectivity index (χ0n) is 9.75. The minimum atomic E-state index is -1.40. The highest BCUT2D eigenvalue weighted by Gasteiger charge is 2.38. The first-order valence-corrected chi connectivity index (χ1v) is 5.56. The maximum Gasteiger partial charge on any atom is 0.269 e. The lowest BCUT2D eigenvalue weighted by atomic mass is 10.1. The van der Waals surface area contributed by atoms with Gasteiger partial charge in [-0.3, -0.25) is 10.1 Å². The van der Waals surface area contributed by atoms with Crippen LogP contribution in [0.5, 0.6) is 5.75 Å². The van der Waals surface area contributed by atoms with E-state index in [2.05, 4.69) is 0 Å². The first kappa shape index (κ1) is 13.7. The maximum atomic E-state index is 10.5. The number of nitro groups is 1. The molecule has 2 rings (SSSR count). The third-order valence-corrected chi connectivity index (χ3v) is 2.75. The van der Waals surface area contributed by atoms with E-state index in [1.165, 1.54) is 24.3 Å². The van der Waals surface area contributed by atoms with Gasteiger partial charge in [0, 0.05) is 12.1 Å². The highest BCUT2D eigenvalue weighted by atomic mass is 16.7. The molecule has 1 unspecified atom stereocenters. The molecule has 4 atom stereocenters. The summed E-state index contributed by atoms with van der Waals surface area (Å²) in [6.07, 6.45) is -5.08. The van der Waals surface area contributed by atoms with E-state index in [-0.39, 0.29) is 18.0 Å². The summed E-state index contributed by atoms with van der Waals surface area (Å²) < 4.78 is 10.3. The number of aliphatic hydroxyl groups excluding tert-OH is 3. The Hall–Kier alpha value is -1.74. The molecule has 0 radical (unpaired) electrons. The summed E-state index contributed by atoms with van der Waals surface area (Å²) in [5.74, 6) is 0.248. The number of hydrogen-bond donors (Lipinski definition) is 3. The predicted molar refractivity (Wildman–Crippen MR) is 61.5 cm³/mol. The largest absolute Gasteiger partial charge is 0.462 e. The van der Waals surface area contributed by atoms with E-state index in [0.717, 1.165) is 0 Å². The molecule has 0 saturated carbocycles. The summed E-state index contributed by atoms with van der Waals surface area (Å²) in [7, 11) is 0. The lowest BCUT2D eigenvalue weighted by molar-refractivity contribution is -0.384. The van der Waals surface area contributed by atoms with Crippen LogP contribution in [0.3, 0.4) is 0 Å². The number of nitro benzene ring substituents is 1. The molecule has 1 aliphatic rings. The van der Waals surface area contributed by atoms with Crippen LogP contribution in [0.25, 0.3) is 0 Å². The molecule has 1 fully saturated rings. The molecule has 0 amide bonds. The van der Waals surface area contributed by atoms with Crippen molar-refractivity contribution < 1.29 is 29.7 Å². The van der Waals surface area contributed by atoms with Crippen LogP contribution in [0.2, 0.25) is 0 Å². The Labute approximate surface area is 108 Å². The van der Waals surface area contributed by atoms with Crippen LogP contribution in [0, 0.1) is 10.1 Å². The van der Waals surface area contributed by atoms with Crippen molar-refractivity contribution in [2.75, 3.05) is 6.61 Å². The molecule has 1 aromatic rings. The second-order valence-electron chi connectivity index (χ2n) is 4.12. The van der Waals surface area contributed by atoms with Gasteiger partial charge in [0.15, 0.2) is 0 Å². The zero-order chi connectivity index (χ0) is 14.0. The van der Waals surface area contributed by atoms with Gasteiger partial charge in [-0.15, -0.1) is 0 Å². The molecule has 8 heteroatoms. The van der Waals surface area contributed by atoms with Crippen LogP contribution in [-0.2, 0) is 4.74 Å². The number of ether oxygens (including phenoxy) is 2. The van der Waals surface area contributed by atoms with Crippen molar-refractivity contribution in [1.82, 2.24) is 0 Å². The minimum Gasteiger partial charge on any atom is -0.462 e. The van der Waals surface area contributed by atoms with Gasteiger partial charge in [-0.05, 0) is 12.1 Å². The fourth-order valence-corrected chi connectivity index (χ4v) is 1.66. The molecule has 0 spiro atoms. The highest BCUT2D eigenvalue weighted by Crippen LogP contribution is 2.22. The van der Waals surface area contributed by atoms with Gasteiger partial charge in [0.25, 0.3) is 5.69 Å². The van der Waals surface area contributed by atoms with Gasteiger partial charge in [-0.2, -0.15) is 0 Å². The van der Waals surface area contributed by atoms with Crippen LogP contribution in [0.4, 0.5) is 5.69 Å². The number of benzene rings is 1. The van der Waals surface area contributed by atoms with E-state index in [1.54, 1.807) is 0 Å². The average molecular weight is 271 g/mol. The molecule has 104 valence electrons. The molecule has 0 aliphatic carbocycles. The summed E-state index contributed by atoms with van der Waals surface area (Å²) in [5.41, 5.74) is -0.0899. The van der Waals surface area contributed by atoms with Crippen molar-refractivity contribution in [2.45, 2.75) is 24.6 Å². The number of rotatable bonds is 3. The van der Waals surface area contributed by atoms with E-state index in [0.29, 0.717) is 0 Å². The van der Waals surface area contributed by atoms with Crippen LogP contribution >= 0.6 is 0 Å². The van der Waals surface area contributed by atoms with Gasteiger partial charge < -0.3 is 24.8 Å². The number of aliphatic hydroxyl groups is 3. The first-order chi connectivity index (χ1) is 8.99. The van der Waals surface area contributed by atoms with Gasteiger partial charge in [-0.1, -0.05) is 0 Å². The quantitative estimate of drug-likeness (QED) is 0.496. The normalized spacial score (nSPS) is 30.9. The third kappa shape index (κ3) is 2.99. The van der Waals surface area contributed by atoms with E-state index < -0.39 is 29.5 Å². The van der Waals surface area contributed by atoms with Crippen LogP contribution in [0.1, 0.15) is 0 Å². The van der Waals surface area contributed by atoms with Gasteiger partial charge in [0.1, 0.15) is 24.1 Å². The number of non-ortho nitro benzene ring substituents is 1. The summed E-state index contributed by atoms with van der Waals surface area (Å²) >= 11 is 0. The van der Waals surface area contributed by atoms with Crippen LogP contribution in [0.15, 0.2) is 24.3 Å². The molecule has 1 heterocycles. The third-order valence-electron chi connectivity index (χ3n) is 2.75. The fraction of sp³-hybridized carbons (Fsp3) is 0.455. The zero-order valence-corrected chi connectivity index (χ0v) is 9.75. The van der Waals surface area contributed by atoms with E-state index in [4.69, 9.17) is 9.47 Å². The summed E-state index contributed by atoms with van der Waals surface area (Å²) in [6.45, 7) is -0.171. The smallest absolute Gasteiger partial charge is 0.269 e. The second-order valence-corrected chi connectivity index (χ2v) is 4.12. The summed E-state index contributed by atoms with van der Waals surface area (Å²) in [5, 5.41) is 38.8. The van der Waals surface area contributed by atoms with Crippen molar-refractivity contribution in [1.29, 1.82) is 0 Å². The van der Waals surface area contributed by atoms with Crippen molar-refractivity contribution in [3.8, 4) is 5.75 Å². The Morgan fingerprint density at radius 3 is 2.42 bits per heavy atom. The second kappa shape index (κ2) is 5.49. The van der Waals surface area contributed by atoms with E-state index >= 15 is 0 Å². The molecule has 0 aromatic heterocycles. The Balaban J connectivity index is 2.03. The Kier molecular flexibility index (Phi) is 3.96. The topological polar surface area (TPSA) is 122 Å². The molecule has 8 nitrogen and oxygen atoms in total. The SMILES string of the molecule is O=[N+]([O-])c1ccc(OC2OC[C@@H](O)[C@H](O)[C@H]2O)cc1. The van der Waals surface area contributed by atoms with Gasteiger partial charge in [-0.25, -0.2) is 0 Å². The van der Waals surface area contributed by atoms with Gasteiger partial charge in [0.05, 0.1) is 11.5 Å². The van der Waals surface area contributed by atoms with E-state index in [9.17, 15) is 25.4 Å². The van der Waals surface area contributed by atoms with Crippen molar-refractivity contribution in [2.24, 2.45) is 0 Å². The van der Waals surface area contributed by atoms with Crippen LogP contribution in [-0.4, -0.2) is 51.5 Å². The Morgan fingerprint density at radius 2 is 1.84 bits per heavy atom. The van der Waals surface area contributed by atoms with Gasteiger partial charge in [0.2, 0.25) is 6.29 Å². The predicted octanol–water partition coefficient (Wildman–Crippen LogP) is -0.587. The highest BCUT2D eigenvalue weighted by molar-refractivity contribution is 5.36. The van der Waals surface area contributed by atoms with Crippen LogP contribution < -0.4 is 4.74 Å².